The number of carbonyl (C=O) groups excluding carboxylic acids is 1. The zero-order valence-corrected chi connectivity index (χ0v) is 21.8. The fraction of sp³-hybridized carbons (Fsp3) is 0.267. The Labute approximate surface area is 227 Å². The molecule has 0 spiro atoms. The molecule has 198 valence electrons. The van der Waals surface area contributed by atoms with Gasteiger partial charge in [0.25, 0.3) is 5.91 Å². The smallest absolute Gasteiger partial charge is 0.251 e. The largest absolute Gasteiger partial charge is 0.366 e. The zero-order chi connectivity index (χ0) is 26.6. The maximum Gasteiger partial charge on any atom is 0.251 e. The molecular weight excluding hydrogens is 488 g/mol. The lowest BCUT2D eigenvalue weighted by atomic mass is 9.96. The van der Waals surface area contributed by atoms with Crippen LogP contribution in [0.3, 0.4) is 0 Å². The van der Waals surface area contributed by atoms with Crippen molar-refractivity contribution in [3.8, 4) is 11.5 Å². The molecule has 1 saturated heterocycles. The highest BCUT2D eigenvalue weighted by atomic mass is 16.1. The van der Waals surface area contributed by atoms with Gasteiger partial charge in [-0.05, 0) is 35.4 Å². The Hall–Kier alpha value is -4.34. The van der Waals surface area contributed by atoms with Crippen LogP contribution < -0.4 is 5.73 Å². The van der Waals surface area contributed by atoms with Crippen LogP contribution in [-0.2, 0) is 6.54 Å². The van der Waals surface area contributed by atoms with Gasteiger partial charge in [0.2, 0.25) is 5.82 Å². The van der Waals surface area contributed by atoms with Gasteiger partial charge in [-0.25, -0.2) is 0 Å². The first-order valence-corrected chi connectivity index (χ1v) is 13.4. The van der Waals surface area contributed by atoms with Gasteiger partial charge < -0.3 is 15.2 Å². The number of H-pyrrole nitrogens is 1. The molecule has 5 aromatic rings. The summed E-state index contributed by atoms with van der Waals surface area (Å²) in [6, 6.07) is 29.6. The number of fused-ring (bicyclic) bond motifs is 1. The lowest BCUT2D eigenvalue weighted by Crippen LogP contribution is -2.48. The third-order valence-electron chi connectivity index (χ3n) is 7.63. The first-order chi connectivity index (χ1) is 19.2. The molecule has 9 nitrogen and oxygen atoms in total. The third-order valence-corrected chi connectivity index (χ3v) is 7.63. The number of hydrogen-bond donors (Lipinski definition) is 2. The number of hydrogen-bond acceptors (Lipinski definition) is 6. The predicted octanol–water partition coefficient (Wildman–Crippen LogP) is 3.72. The van der Waals surface area contributed by atoms with Gasteiger partial charge in [0.1, 0.15) is 5.69 Å². The van der Waals surface area contributed by atoms with Crippen LogP contribution in [0.2, 0.25) is 0 Å². The molecule has 0 atom stereocenters. The van der Waals surface area contributed by atoms with E-state index in [-0.39, 0.29) is 6.04 Å². The number of piperazine rings is 1. The van der Waals surface area contributed by atoms with E-state index < -0.39 is 5.91 Å². The molecule has 1 aliphatic rings. The number of tetrazole rings is 1. The molecule has 0 saturated carbocycles. The van der Waals surface area contributed by atoms with Gasteiger partial charge in [-0.3, -0.25) is 9.69 Å². The molecule has 1 amide bonds. The second-order valence-electron chi connectivity index (χ2n) is 9.95. The number of nitrogens with two attached hydrogens (primary N) is 1. The highest BCUT2D eigenvalue weighted by molar-refractivity contribution is 6.11. The molecule has 39 heavy (non-hydrogen) atoms. The van der Waals surface area contributed by atoms with Crippen LogP contribution in [0, 0.1) is 0 Å². The van der Waals surface area contributed by atoms with E-state index in [1.54, 1.807) is 0 Å². The quantitative estimate of drug-likeness (QED) is 0.307. The lowest BCUT2D eigenvalue weighted by Gasteiger charge is -2.40. The Balaban J connectivity index is 1.15. The monoisotopic (exact) mass is 520 g/mol. The SMILES string of the molecule is NC(=O)c1c(-c2nn[nH]n2)n(CCCN2CCN(C(c3ccccc3)c3ccccc3)CC2)c2ccccc12. The van der Waals surface area contributed by atoms with E-state index >= 15 is 0 Å². The summed E-state index contributed by atoms with van der Waals surface area (Å²) in [6.07, 6.45) is 0.919. The van der Waals surface area contributed by atoms with E-state index in [4.69, 9.17) is 5.73 Å². The van der Waals surface area contributed by atoms with E-state index in [1.165, 1.54) is 11.1 Å². The van der Waals surface area contributed by atoms with Crippen molar-refractivity contribution in [3.63, 3.8) is 0 Å². The maximum absolute atomic E-state index is 12.5. The van der Waals surface area contributed by atoms with E-state index in [9.17, 15) is 4.79 Å². The van der Waals surface area contributed by atoms with E-state index in [2.05, 4.69) is 95.7 Å². The molecule has 0 unspecified atom stereocenters. The van der Waals surface area contributed by atoms with Crippen molar-refractivity contribution in [2.45, 2.75) is 19.0 Å². The minimum atomic E-state index is -0.493. The van der Waals surface area contributed by atoms with Gasteiger partial charge in [0.05, 0.1) is 11.6 Å². The van der Waals surface area contributed by atoms with Gasteiger partial charge in [-0.1, -0.05) is 78.9 Å². The van der Waals surface area contributed by atoms with Gasteiger partial charge >= 0.3 is 0 Å². The molecule has 9 heteroatoms. The molecule has 6 rings (SSSR count). The van der Waals surface area contributed by atoms with Crippen molar-refractivity contribution < 1.29 is 4.79 Å². The summed E-state index contributed by atoms with van der Waals surface area (Å²) >= 11 is 0. The fourth-order valence-electron chi connectivity index (χ4n) is 5.86. The first-order valence-electron chi connectivity index (χ1n) is 13.4. The molecule has 3 N–H and O–H groups in total. The number of aryl methyl sites for hydroxylation is 1. The summed E-state index contributed by atoms with van der Waals surface area (Å²) in [5.41, 5.74) is 10.5. The minimum Gasteiger partial charge on any atom is -0.366 e. The van der Waals surface area contributed by atoms with E-state index in [0.717, 1.165) is 50.0 Å². The van der Waals surface area contributed by atoms with Crippen molar-refractivity contribution in [2.75, 3.05) is 32.7 Å². The van der Waals surface area contributed by atoms with Crippen molar-refractivity contribution in [3.05, 3.63) is 102 Å². The maximum atomic E-state index is 12.5. The van der Waals surface area contributed by atoms with Crippen LogP contribution in [0.25, 0.3) is 22.4 Å². The Morgan fingerprint density at radius 1 is 0.846 bits per heavy atom. The van der Waals surface area contributed by atoms with Crippen LogP contribution in [0.15, 0.2) is 84.9 Å². The van der Waals surface area contributed by atoms with Crippen molar-refractivity contribution in [1.82, 2.24) is 35.0 Å². The number of nitrogens with one attached hydrogen (secondary N) is 1. The van der Waals surface area contributed by atoms with Gasteiger partial charge in [-0.2, -0.15) is 5.21 Å². The Morgan fingerprint density at radius 3 is 2.10 bits per heavy atom. The highest BCUT2D eigenvalue weighted by Crippen LogP contribution is 2.32. The Kier molecular flexibility index (Phi) is 7.16. The number of benzene rings is 3. The van der Waals surface area contributed by atoms with Crippen molar-refractivity contribution in [1.29, 1.82) is 0 Å². The Bertz CT molecular complexity index is 1480. The van der Waals surface area contributed by atoms with Crippen LogP contribution in [0.4, 0.5) is 0 Å². The summed E-state index contributed by atoms with van der Waals surface area (Å²) in [4.78, 5) is 17.6. The molecule has 0 bridgehead atoms. The third kappa shape index (κ3) is 5.06. The molecule has 2 aromatic heterocycles. The molecule has 3 heterocycles. The number of para-hydroxylation sites is 1. The summed E-state index contributed by atoms with van der Waals surface area (Å²) in [5.74, 6) is -0.117. The molecule has 0 aliphatic carbocycles. The topological polar surface area (TPSA) is 109 Å². The van der Waals surface area contributed by atoms with Crippen molar-refractivity contribution >= 4 is 16.8 Å². The van der Waals surface area contributed by atoms with Gasteiger partial charge in [0, 0.05) is 43.6 Å². The Morgan fingerprint density at radius 2 is 1.49 bits per heavy atom. The van der Waals surface area contributed by atoms with Crippen molar-refractivity contribution in [2.24, 2.45) is 5.73 Å². The zero-order valence-electron chi connectivity index (χ0n) is 21.8. The number of aromatic amines is 1. The number of rotatable bonds is 9. The summed E-state index contributed by atoms with van der Waals surface area (Å²) in [7, 11) is 0. The summed E-state index contributed by atoms with van der Waals surface area (Å²) in [6.45, 7) is 5.69. The molecular formula is C30H32N8O. The molecule has 1 aliphatic heterocycles. The second kappa shape index (κ2) is 11.2. The van der Waals surface area contributed by atoms with Gasteiger partial charge in [-0.15, -0.1) is 10.2 Å². The number of nitrogens with zero attached hydrogens (tertiary/aromatic N) is 6. The standard InChI is InChI=1S/C30H32N8O/c31-29(39)26-24-14-7-8-15-25(24)38(28(26)30-32-34-35-33-30)17-9-16-36-18-20-37(21-19-36)27(22-10-3-1-4-11-22)23-12-5-2-6-13-23/h1-8,10-15,27H,9,16-21H2,(H2,31,39)(H,32,33,34,35). The summed E-state index contributed by atoms with van der Waals surface area (Å²) in [5, 5.41) is 15.4. The molecule has 3 aromatic carbocycles. The number of amides is 1. The molecule has 0 radical (unpaired) electrons. The van der Waals surface area contributed by atoms with E-state index in [0.29, 0.717) is 23.6 Å². The number of carbonyl (C=O) groups is 1. The predicted molar refractivity (Wildman–Crippen MR) is 151 cm³/mol. The van der Waals surface area contributed by atoms with Gasteiger partial charge in [0.15, 0.2) is 0 Å². The highest BCUT2D eigenvalue weighted by Gasteiger charge is 2.27. The minimum absolute atomic E-state index is 0.255. The lowest BCUT2D eigenvalue weighted by molar-refractivity contribution is 0.100. The average molecular weight is 521 g/mol. The molecule has 1 fully saturated rings. The van der Waals surface area contributed by atoms with E-state index in [1.807, 2.05) is 24.3 Å². The fourth-order valence-corrected chi connectivity index (χ4v) is 5.86. The second-order valence-corrected chi connectivity index (χ2v) is 9.95. The van der Waals surface area contributed by atoms with Crippen LogP contribution in [-0.4, -0.2) is 73.6 Å². The van der Waals surface area contributed by atoms with Crippen LogP contribution in [0.5, 0.6) is 0 Å². The van der Waals surface area contributed by atoms with Crippen LogP contribution in [0.1, 0.15) is 33.9 Å². The normalized spacial score (nSPS) is 14.8. The number of aromatic nitrogens is 5. The summed E-state index contributed by atoms with van der Waals surface area (Å²) < 4.78 is 2.11. The first kappa shape index (κ1) is 25.0. The number of primary amides is 1. The van der Waals surface area contributed by atoms with Crippen LogP contribution >= 0.6 is 0 Å². The average Bonchev–Trinajstić information content (AvgIpc) is 3.62.